The summed E-state index contributed by atoms with van der Waals surface area (Å²) in [5, 5.41) is 0. The maximum atomic E-state index is 12.1. The van der Waals surface area contributed by atoms with Gasteiger partial charge in [-0.3, -0.25) is 4.79 Å². The molecule has 0 amide bonds. The van der Waals surface area contributed by atoms with Gasteiger partial charge in [0.05, 0.1) is 6.29 Å². The molecular formula is C35H40CrFO3-. The Labute approximate surface area is 250 Å². The van der Waals surface area contributed by atoms with E-state index in [0.717, 1.165) is 54.1 Å². The van der Waals surface area contributed by atoms with Crippen LogP contribution in [0.5, 0.6) is 0 Å². The van der Waals surface area contributed by atoms with Crippen LogP contribution in [0.1, 0.15) is 71.8 Å². The molecule has 0 heterocycles. The first kappa shape index (κ1) is 36.6. The molecule has 3 aromatic rings. The van der Waals surface area contributed by atoms with Gasteiger partial charge in [-0.2, -0.15) is 0 Å². The molecule has 0 N–H and O–H groups in total. The van der Waals surface area contributed by atoms with Gasteiger partial charge in [0.15, 0.2) is 0 Å². The second-order valence-corrected chi connectivity index (χ2v) is 9.84. The maximum Gasteiger partial charge on any atom is 0.135 e. The molecule has 0 bridgehead atoms. The number of allylic oxidation sites excluding steroid dienone is 3. The van der Waals surface area contributed by atoms with Gasteiger partial charge in [-0.05, 0) is 64.7 Å². The summed E-state index contributed by atoms with van der Waals surface area (Å²) >= 11 is 0. The molecule has 4 rings (SSSR count). The quantitative estimate of drug-likeness (QED) is 0.167. The van der Waals surface area contributed by atoms with Gasteiger partial charge >= 0.3 is 0 Å². The molecule has 0 aliphatic heterocycles. The summed E-state index contributed by atoms with van der Waals surface area (Å²) in [4.78, 5) is 30.3. The average molecular weight is 580 g/mol. The van der Waals surface area contributed by atoms with Crippen molar-refractivity contribution in [3.8, 4) is 0 Å². The van der Waals surface area contributed by atoms with Crippen molar-refractivity contribution in [2.45, 2.75) is 60.8 Å². The fraction of sp³-hybridized carbons (Fsp3) is 0.286. The van der Waals surface area contributed by atoms with Crippen LogP contribution in [0.2, 0.25) is 0 Å². The molecule has 1 aliphatic rings. The van der Waals surface area contributed by atoms with Gasteiger partial charge < -0.3 is 9.59 Å². The average Bonchev–Trinajstić information content (AvgIpc) is 3.67. The number of halogens is 1. The van der Waals surface area contributed by atoms with Crippen molar-refractivity contribution < 1.29 is 36.1 Å². The topological polar surface area (TPSA) is 51.2 Å². The first-order valence-corrected chi connectivity index (χ1v) is 13.0. The predicted molar refractivity (Wildman–Crippen MR) is 159 cm³/mol. The van der Waals surface area contributed by atoms with Crippen molar-refractivity contribution in [2.75, 3.05) is 0 Å². The van der Waals surface area contributed by atoms with Crippen LogP contribution < -0.4 is 0 Å². The standard InChI is InChI=1S/C20H19O.C7H7F.C6H10O.C2H4O.Cr/c1-4-5-19(12-17-9-6-15(2)7-10-17)20-13-18(14-21)11-8-16(20)3;1-6-2-4-7(8)5-3-6;1-5(7)6(2)3-4-6;1-2-3;/h4-10,13-14H,1,12H2,2-3H3;2-5H,1H3;3-4H2,1-2H3;2H,1H3;/q-1;;;;/b19-5-;;;;. The van der Waals surface area contributed by atoms with E-state index in [1.54, 1.807) is 25.1 Å². The minimum absolute atomic E-state index is 0. The van der Waals surface area contributed by atoms with Crippen molar-refractivity contribution in [3.05, 3.63) is 125 Å². The van der Waals surface area contributed by atoms with E-state index >= 15 is 0 Å². The zero-order valence-corrected chi connectivity index (χ0v) is 25.7. The van der Waals surface area contributed by atoms with Crippen molar-refractivity contribution in [1.29, 1.82) is 0 Å². The van der Waals surface area contributed by atoms with Crippen LogP contribution in [0.15, 0.2) is 79.4 Å². The number of rotatable bonds is 6. The fourth-order valence-corrected chi connectivity index (χ4v) is 3.38. The van der Waals surface area contributed by atoms with Gasteiger partial charge in [-0.15, -0.1) is 34.9 Å². The molecule has 0 radical (unpaired) electrons. The number of aldehydes is 2. The molecule has 3 nitrogen and oxygen atoms in total. The summed E-state index contributed by atoms with van der Waals surface area (Å²) in [6.45, 7) is 15.0. The zero-order valence-electron chi connectivity index (χ0n) is 24.4. The van der Waals surface area contributed by atoms with Gasteiger partial charge in [-0.25, -0.2) is 4.39 Å². The van der Waals surface area contributed by atoms with Crippen molar-refractivity contribution in [2.24, 2.45) is 5.41 Å². The number of hydrogen-bond donors (Lipinski definition) is 0. The summed E-state index contributed by atoms with van der Waals surface area (Å²) in [7, 11) is 0. The van der Waals surface area contributed by atoms with Crippen LogP contribution in [0.25, 0.3) is 5.57 Å². The van der Waals surface area contributed by atoms with Gasteiger partial charge in [0.25, 0.3) is 0 Å². The number of carbonyl (C=O) groups is 3. The van der Waals surface area contributed by atoms with Crippen LogP contribution in [0.4, 0.5) is 4.39 Å². The van der Waals surface area contributed by atoms with Gasteiger partial charge in [0.2, 0.25) is 0 Å². The second-order valence-electron chi connectivity index (χ2n) is 9.84. The van der Waals surface area contributed by atoms with E-state index < -0.39 is 0 Å². The molecule has 40 heavy (non-hydrogen) atoms. The summed E-state index contributed by atoms with van der Waals surface area (Å²) in [5.41, 5.74) is 7.62. The normalized spacial score (nSPS) is 12.3. The molecular weight excluding hydrogens is 539 g/mol. The summed E-state index contributed by atoms with van der Waals surface area (Å²) < 4.78 is 12.1. The first-order chi connectivity index (χ1) is 18.5. The molecule has 0 saturated heterocycles. The molecule has 5 heteroatoms. The molecule has 3 aromatic carbocycles. The molecule has 0 spiro atoms. The molecule has 0 unspecified atom stereocenters. The Morgan fingerprint density at radius 1 is 1.00 bits per heavy atom. The maximum absolute atomic E-state index is 12.1. The minimum atomic E-state index is -0.171. The summed E-state index contributed by atoms with van der Waals surface area (Å²) in [6, 6.07) is 21.6. The Morgan fingerprint density at radius 2 is 1.50 bits per heavy atom. The third kappa shape index (κ3) is 13.6. The van der Waals surface area contributed by atoms with E-state index in [0.29, 0.717) is 11.3 Å². The van der Waals surface area contributed by atoms with Crippen LogP contribution >= 0.6 is 0 Å². The number of Topliss-reactive ketones (excluding diaryl/α,β-unsaturated/α-hetero) is 1. The van der Waals surface area contributed by atoms with Crippen LogP contribution in [-0.2, 0) is 33.4 Å². The Balaban J connectivity index is 0.000000653. The van der Waals surface area contributed by atoms with Gasteiger partial charge in [-0.1, -0.05) is 85.7 Å². The van der Waals surface area contributed by atoms with Crippen molar-refractivity contribution in [1.82, 2.24) is 0 Å². The van der Waals surface area contributed by atoms with Crippen LogP contribution in [-0.4, -0.2) is 18.4 Å². The predicted octanol–water partition coefficient (Wildman–Crippen LogP) is 8.44. The van der Waals surface area contributed by atoms with E-state index in [2.05, 4.69) is 43.8 Å². The van der Waals surface area contributed by atoms with Gasteiger partial charge in [0, 0.05) is 22.8 Å². The third-order valence-electron chi connectivity index (χ3n) is 6.35. The third-order valence-corrected chi connectivity index (χ3v) is 6.35. The molecule has 212 valence electrons. The Hall–Kier alpha value is -3.39. The van der Waals surface area contributed by atoms with Crippen molar-refractivity contribution >= 4 is 23.9 Å². The molecule has 1 saturated carbocycles. The Bertz CT molecular complexity index is 1230. The fourth-order valence-electron chi connectivity index (χ4n) is 3.38. The van der Waals surface area contributed by atoms with Gasteiger partial charge in [0.1, 0.15) is 17.9 Å². The summed E-state index contributed by atoms with van der Waals surface area (Å²) in [5.74, 6) is 0.183. The molecule has 0 aromatic heterocycles. The summed E-state index contributed by atoms with van der Waals surface area (Å²) in [6.07, 6.45) is 8.43. The first-order valence-electron chi connectivity index (χ1n) is 13.0. The van der Waals surface area contributed by atoms with E-state index in [9.17, 15) is 14.0 Å². The molecule has 1 fully saturated rings. The number of hydrogen-bond acceptors (Lipinski definition) is 3. The number of benzene rings is 3. The smallest absolute Gasteiger partial charge is 0.135 e. The number of aryl methyl sites for hydroxylation is 3. The monoisotopic (exact) mass is 579 g/mol. The Morgan fingerprint density at radius 3 is 1.88 bits per heavy atom. The molecule has 0 atom stereocenters. The largest absolute Gasteiger partial charge is 0.355 e. The zero-order chi connectivity index (χ0) is 29.4. The minimum Gasteiger partial charge on any atom is -0.355 e. The number of carbonyl (C=O) groups excluding carboxylic acids is 3. The van der Waals surface area contributed by atoms with E-state index in [-0.39, 0.29) is 28.6 Å². The second kappa shape index (κ2) is 18.8. The van der Waals surface area contributed by atoms with E-state index in [4.69, 9.17) is 4.79 Å². The van der Waals surface area contributed by atoms with E-state index in [1.807, 2.05) is 39.0 Å². The molecule has 1 aliphatic carbocycles. The van der Waals surface area contributed by atoms with Crippen LogP contribution in [0.3, 0.4) is 0 Å². The van der Waals surface area contributed by atoms with E-state index in [1.165, 1.54) is 30.2 Å². The Kier molecular flexibility index (Phi) is 17.2. The van der Waals surface area contributed by atoms with Crippen LogP contribution in [0, 0.1) is 38.1 Å². The van der Waals surface area contributed by atoms with Crippen molar-refractivity contribution in [3.63, 3.8) is 0 Å². The number of ketones is 1. The SMILES string of the molecule is C=C/C=C(/Cc1ccc(C)cc1)c1cc(C=O)[c-]cc1C.CC(=O)C1(C)CC1.CC=O.Cc1ccc(F)cc1.[Cr].